The van der Waals surface area contributed by atoms with E-state index >= 15 is 0 Å². The van der Waals surface area contributed by atoms with Crippen molar-refractivity contribution in [3.05, 3.63) is 52.6 Å². The van der Waals surface area contributed by atoms with Gasteiger partial charge in [0.2, 0.25) is 5.88 Å². The maximum atomic E-state index is 12.8. The average Bonchev–Trinajstić information content (AvgIpc) is 2.84. The van der Waals surface area contributed by atoms with Gasteiger partial charge in [-0.25, -0.2) is 4.98 Å². The van der Waals surface area contributed by atoms with Gasteiger partial charge in [-0.15, -0.1) is 0 Å². The molecule has 23 heavy (non-hydrogen) atoms. The number of amides is 1. The number of benzene rings is 1. The van der Waals surface area contributed by atoms with Crippen LogP contribution in [0.2, 0.25) is 0 Å². The first-order valence-corrected chi connectivity index (χ1v) is 8.42. The first-order chi connectivity index (χ1) is 11.2. The fourth-order valence-electron chi connectivity index (χ4n) is 2.50. The van der Waals surface area contributed by atoms with Crippen LogP contribution in [-0.2, 0) is 0 Å². The third-order valence-electron chi connectivity index (χ3n) is 3.64. The fourth-order valence-corrected chi connectivity index (χ4v) is 2.87. The second-order valence-corrected chi connectivity index (χ2v) is 6.23. The van der Waals surface area contributed by atoms with Crippen molar-refractivity contribution in [2.75, 3.05) is 26.2 Å². The van der Waals surface area contributed by atoms with Crippen molar-refractivity contribution in [3.8, 4) is 11.6 Å². The van der Waals surface area contributed by atoms with Crippen LogP contribution in [0.15, 0.2) is 47.1 Å². The van der Waals surface area contributed by atoms with E-state index in [1.54, 1.807) is 18.3 Å². The number of ether oxygens (including phenoxy) is 1. The van der Waals surface area contributed by atoms with E-state index in [-0.39, 0.29) is 5.91 Å². The Kier molecular flexibility index (Phi) is 5.25. The molecule has 1 fully saturated rings. The van der Waals surface area contributed by atoms with Crippen molar-refractivity contribution in [1.82, 2.24) is 15.2 Å². The smallest absolute Gasteiger partial charge is 0.259 e. The van der Waals surface area contributed by atoms with Gasteiger partial charge in [-0.2, -0.15) is 0 Å². The molecule has 0 aliphatic carbocycles. The lowest BCUT2D eigenvalue weighted by Gasteiger charge is -2.21. The van der Waals surface area contributed by atoms with E-state index in [1.807, 2.05) is 29.2 Å². The summed E-state index contributed by atoms with van der Waals surface area (Å²) >= 11 is 3.41. The minimum absolute atomic E-state index is 0.0354. The zero-order chi connectivity index (χ0) is 16.1. The molecule has 0 spiro atoms. The van der Waals surface area contributed by atoms with Crippen LogP contribution in [0.4, 0.5) is 0 Å². The SMILES string of the molecule is O=C(c1cccnc1Oc1cccc(Br)c1)N1CCCNCC1. The highest BCUT2D eigenvalue weighted by molar-refractivity contribution is 9.10. The number of carbonyl (C=O) groups excluding carboxylic acids is 1. The summed E-state index contributed by atoms with van der Waals surface area (Å²) in [6, 6.07) is 11.0. The predicted octanol–water partition coefficient (Wildman–Crippen LogP) is 3.07. The lowest BCUT2D eigenvalue weighted by Crippen LogP contribution is -2.34. The van der Waals surface area contributed by atoms with Gasteiger partial charge in [-0.3, -0.25) is 4.79 Å². The van der Waals surface area contributed by atoms with E-state index in [9.17, 15) is 4.79 Å². The third-order valence-corrected chi connectivity index (χ3v) is 4.13. The highest BCUT2D eigenvalue weighted by atomic mass is 79.9. The van der Waals surface area contributed by atoms with E-state index in [4.69, 9.17) is 4.74 Å². The van der Waals surface area contributed by atoms with E-state index in [2.05, 4.69) is 26.2 Å². The van der Waals surface area contributed by atoms with Crippen LogP contribution in [0.25, 0.3) is 0 Å². The van der Waals surface area contributed by atoms with Gasteiger partial charge in [-0.1, -0.05) is 22.0 Å². The zero-order valence-electron chi connectivity index (χ0n) is 12.7. The van der Waals surface area contributed by atoms with Crippen LogP contribution in [0, 0.1) is 0 Å². The van der Waals surface area contributed by atoms with Crippen LogP contribution in [-0.4, -0.2) is 42.0 Å². The van der Waals surface area contributed by atoms with Gasteiger partial charge in [0.05, 0.1) is 0 Å². The number of aromatic nitrogens is 1. The second-order valence-electron chi connectivity index (χ2n) is 5.31. The minimum Gasteiger partial charge on any atom is -0.438 e. The van der Waals surface area contributed by atoms with Gasteiger partial charge in [0.1, 0.15) is 11.3 Å². The summed E-state index contributed by atoms with van der Waals surface area (Å²) in [5.41, 5.74) is 0.495. The Balaban J connectivity index is 1.83. The van der Waals surface area contributed by atoms with E-state index in [0.29, 0.717) is 23.7 Å². The molecule has 1 aromatic heterocycles. The van der Waals surface area contributed by atoms with Gasteiger partial charge in [0.15, 0.2) is 0 Å². The standard InChI is InChI=1S/C17H18BrN3O2/c18-13-4-1-5-14(12-13)23-16-15(6-2-8-20-16)17(22)21-10-3-7-19-9-11-21/h1-2,4-6,8,12,19H,3,7,9-11H2. The molecule has 0 saturated carbocycles. The molecule has 2 heterocycles. The van der Waals surface area contributed by atoms with E-state index in [1.165, 1.54) is 0 Å². The lowest BCUT2D eigenvalue weighted by molar-refractivity contribution is 0.0763. The molecule has 1 aliphatic rings. The first-order valence-electron chi connectivity index (χ1n) is 7.62. The van der Waals surface area contributed by atoms with Crippen molar-refractivity contribution in [3.63, 3.8) is 0 Å². The molecule has 0 unspecified atom stereocenters. The molecule has 6 heteroatoms. The molecule has 1 N–H and O–H groups in total. The normalized spacial score (nSPS) is 15.1. The van der Waals surface area contributed by atoms with Gasteiger partial charge >= 0.3 is 0 Å². The molecular formula is C17H18BrN3O2. The van der Waals surface area contributed by atoms with E-state index in [0.717, 1.165) is 30.5 Å². The number of nitrogens with zero attached hydrogens (tertiary/aromatic N) is 2. The molecule has 3 rings (SSSR count). The van der Waals surface area contributed by atoms with Gasteiger partial charge in [0, 0.05) is 30.3 Å². The zero-order valence-corrected chi connectivity index (χ0v) is 14.3. The molecular weight excluding hydrogens is 358 g/mol. The number of nitrogens with one attached hydrogen (secondary N) is 1. The summed E-state index contributed by atoms with van der Waals surface area (Å²) in [5.74, 6) is 0.948. The van der Waals surface area contributed by atoms with Crippen molar-refractivity contribution < 1.29 is 9.53 Å². The monoisotopic (exact) mass is 375 g/mol. The highest BCUT2D eigenvalue weighted by Crippen LogP contribution is 2.26. The summed E-state index contributed by atoms with van der Waals surface area (Å²) in [6.45, 7) is 3.20. The highest BCUT2D eigenvalue weighted by Gasteiger charge is 2.21. The maximum Gasteiger partial charge on any atom is 0.259 e. The number of carbonyl (C=O) groups is 1. The van der Waals surface area contributed by atoms with Crippen molar-refractivity contribution in [1.29, 1.82) is 0 Å². The number of rotatable bonds is 3. The van der Waals surface area contributed by atoms with Crippen LogP contribution in [0.3, 0.4) is 0 Å². The molecule has 120 valence electrons. The summed E-state index contributed by atoms with van der Waals surface area (Å²) in [6.07, 6.45) is 2.59. The molecule has 1 saturated heterocycles. The molecule has 0 radical (unpaired) electrons. The number of halogens is 1. The van der Waals surface area contributed by atoms with Gasteiger partial charge < -0.3 is 15.0 Å². The molecule has 1 aromatic carbocycles. The Labute approximate surface area is 143 Å². The predicted molar refractivity (Wildman–Crippen MR) is 91.8 cm³/mol. The second kappa shape index (κ2) is 7.57. The Hall–Kier alpha value is -1.92. The Morgan fingerprint density at radius 2 is 2.13 bits per heavy atom. The Bertz CT molecular complexity index is 685. The number of pyridine rings is 1. The molecule has 5 nitrogen and oxygen atoms in total. The summed E-state index contributed by atoms with van der Waals surface area (Å²) in [4.78, 5) is 18.9. The minimum atomic E-state index is -0.0354. The number of hydrogen-bond acceptors (Lipinski definition) is 4. The number of hydrogen-bond donors (Lipinski definition) is 1. The first kappa shape index (κ1) is 16.0. The molecule has 0 bridgehead atoms. The average molecular weight is 376 g/mol. The van der Waals surface area contributed by atoms with Crippen LogP contribution < -0.4 is 10.1 Å². The quantitative estimate of drug-likeness (QED) is 0.895. The molecule has 2 aromatic rings. The van der Waals surface area contributed by atoms with Crippen LogP contribution in [0.5, 0.6) is 11.6 Å². The lowest BCUT2D eigenvalue weighted by atomic mass is 10.2. The Morgan fingerprint density at radius 1 is 1.22 bits per heavy atom. The largest absolute Gasteiger partial charge is 0.438 e. The van der Waals surface area contributed by atoms with Crippen molar-refractivity contribution in [2.45, 2.75) is 6.42 Å². The maximum absolute atomic E-state index is 12.8. The summed E-state index contributed by atoms with van der Waals surface area (Å²) < 4.78 is 6.74. The molecule has 1 amide bonds. The van der Waals surface area contributed by atoms with E-state index < -0.39 is 0 Å². The van der Waals surface area contributed by atoms with Crippen LogP contribution in [0.1, 0.15) is 16.8 Å². The summed E-state index contributed by atoms with van der Waals surface area (Å²) in [7, 11) is 0. The van der Waals surface area contributed by atoms with Crippen LogP contribution >= 0.6 is 15.9 Å². The van der Waals surface area contributed by atoms with Crippen molar-refractivity contribution in [2.24, 2.45) is 0 Å². The Morgan fingerprint density at radius 3 is 3.00 bits per heavy atom. The van der Waals surface area contributed by atoms with Gasteiger partial charge in [-0.05, 0) is 43.3 Å². The van der Waals surface area contributed by atoms with Crippen molar-refractivity contribution >= 4 is 21.8 Å². The third kappa shape index (κ3) is 4.09. The topological polar surface area (TPSA) is 54.5 Å². The summed E-state index contributed by atoms with van der Waals surface area (Å²) in [5, 5.41) is 3.30. The van der Waals surface area contributed by atoms with Gasteiger partial charge in [0.25, 0.3) is 5.91 Å². The molecule has 1 aliphatic heterocycles. The molecule has 0 atom stereocenters. The fraction of sp³-hybridized carbons (Fsp3) is 0.294.